The number of hydrogen-bond acceptors (Lipinski definition) is 4. The Hall–Kier alpha value is -1.24. The quantitative estimate of drug-likeness (QED) is 0.175. The SMILES string of the molecule is CC(C)(C)c1ccc(I(OS(=O)(=O)C(F)(F)C(F)(F)C2CC3CC2C2C4CC(CC4O)C32)c2ccc(C(C)(C)C)cc2)cc1. The minimum absolute atomic E-state index is 0.117. The molecule has 0 heterocycles. The van der Waals surface area contributed by atoms with E-state index in [0.717, 1.165) is 17.5 Å². The van der Waals surface area contributed by atoms with E-state index in [1.807, 2.05) is 65.8 Å². The van der Waals surface area contributed by atoms with Crippen molar-refractivity contribution in [3.8, 4) is 0 Å². The first kappa shape index (κ1) is 32.7. The number of aliphatic hydroxyl groups is 1. The second kappa shape index (κ2) is 10.6. The van der Waals surface area contributed by atoms with Crippen molar-refractivity contribution in [2.24, 2.45) is 41.4 Å². The Bertz CT molecular complexity index is 1440. The summed E-state index contributed by atoms with van der Waals surface area (Å²) in [5.74, 6) is -7.42. The Kier molecular flexibility index (Phi) is 7.90. The van der Waals surface area contributed by atoms with Crippen LogP contribution in [0.25, 0.3) is 0 Å². The van der Waals surface area contributed by atoms with Crippen LogP contribution in [0.2, 0.25) is 0 Å². The van der Waals surface area contributed by atoms with E-state index in [1.54, 1.807) is 24.3 Å². The zero-order chi connectivity index (χ0) is 32.2. The molecule has 4 aliphatic carbocycles. The van der Waals surface area contributed by atoms with Gasteiger partial charge in [0.1, 0.15) is 0 Å². The van der Waals surface area contributed by atoms with E-state index in [0.29, 0.717) is 20.0 Å². The van der Waals surface area contributed by atoms with Gasteiger partial charge in [-0.15, -0.1) is 0 Å². The van der Waals surface area contributed by atoms with Gasteiger partial charge in [0.25, 0.3) is 0 Å². The Morgan fingerprint density at radius 3 is 1.64 bits per heavy atom. The maximum atomic E-state index is 16.0. The van der Waals surface area contributed by atoms with E-state index >= 15 is 17.6 Å². The van der Waals surface area contributed by atoms with Crippen LogP contribution in [-0.2, 0) is 23.5 Å². The number of fused-ring (bicyclic) bond motifs is 9. The third-order valence-electron chi connectivity index (χ3n) is 10.9. The van der Waals surface area contributed by atoms with Crippen LogP contribution < -0.4 is 0 Å². The van der Waals surface area contributed by atoms with Crippen molar-refractivity contribution >= 4 is 30.4 Å². The fourth-order valence-corrected chi connectivity index (χ4v) is 15.8. The summed E-state index contributed by atoms with van der Waals surface area (Å²) in [4.78, 5) is 0. The van der Waals surface area contributed by atoms with Gasteiger partial charge in [-0.25, -0.2) is 0 Å². The fourth-order valence-electron chi connectivity index (χ4n) is 8.82. The number of aliphatic hydroxyl groups excluding tert-OH is 1. The van der Waals surface area contributed by atoms with E-state index in [4.69, 9.17) is 2.51 Å². The van der Waals surface area contributed by atoms with Crippen molar-refractivity contribution in [2.75, 3.05) is 0 Å². The summed E-state index contributed by atoms with van der Waals surface area (Å²) < 4.78 is 96.9. The van der Waals surface area contributed by atoms with Crippen LogP contribution in [0.3, 0.4) is 0 Å². The number of alkyl halides is 4. The van der Waals surface area contributed by atoms with Gasteiger partial charge in [-0.05, 0) is 0 Å². The van der Waals surface area contributed by atoms with Crippen LogP contribution >= 0.6 is 20.2 Å². The molecule has 0 saturated heterocycles. The predicted molar refractivity (Wildman–Crippen MR) is 171 cm³/mol. The van der Waals surface area contributed by atoms with Crippen LogP contribution in [-0.4, -0.2) is 30.8 Å². The molecule has 10 heteroatoms. The Balaban J connectivity index is 1.31. The second-order valence-corrected chi connectivity index (χ2v) is 22.1. The van der Waals surface area contributed by atoms with Gasteiger partial charge in [0.05, 0.1) is 0 Å². The molecule has 2 aromatic rings. The Morgan fingerprint density at radius 1 is 0.705 bits per heavy atom. The van der Waals surface area contributed by atoms with Gasteiger partial charge in [0.2, 0.25) is 0 Å². The van der Waals surface area contributed by atoms with Crippen molar-refractivity contribution in [3.63, 3.8) is 0 Å². The van der Waals surface area contributed by atoms with Gasteiger partial charge >= 0.3 is 268 Å². The van der Waals surface area contributed by atoms with Gasteiger partial charge in [-0.1, -0.05) is 0 Å². The molecule has 2 aromatic carbocycles. The molecule has 8 atom stereocenters. The summed E-state index contributed by atoms with van der Waals surface area (Å²) in [5.41, 5.74) is 1.51. The molecule has 4 fully saturated rings. The van der Waals surface area contributed by atoms with Crippen molar-refractivity contribution in [2.45, 2.75) is 95.3 Å². The average Bonchev–Trinajstić information content (AvgIpc) is 3.70. The summed E-state index contributed by atoms with van der Waals surface area (Å²) in [6, 6.07) is 13.9. The molecule has 0 aromatic heterocycles. The first-order chi connectivity index (χ1) is 20.2. The zero-order valence-corrected chi connectivity index (χ0v) is 29.0. The summed E-state index contributed by atoms with van der Waals surface area (Å²) in [7, 11) is -6.05. The summed E-state index contributed by atoms with van der Waals surface area (Å²) in [6.07, 6.45) is 1.08. The molecule has 1 N–H and O–H groups in total. The van der Waals surface area contributed by atoms with Crippen LogP contribution in [0.4, 0.5) is 17.6 Å². The van der Waals surface area contributed by atoms with E-state index in [9.17, 15) is 13.5 Å². The van der Waals surface area contributed by atoms with Gasteiger partial charge in [-0.2, -0.15) is 0 Å². The van der Waals surface area contributed by atoms with Crippen LogP contribution in [0.15, 0.2) is 48.5 Å². The van der Waals surface area contributed by atoms with Crippen LogP contribution in [0, 0.1) is 48.6 Å². The fraction of sp³-hybridized carbons (Fsp3) is 0.647. The molecule has 0 spiro atoms. The molecule has 6 rings (SSSR count). The first-order valence-electron chi connectivity index (χ1n) is 15.5. The normalized spacial score (nSPS) is 32.3. The molecular weight excluding hydrogens is 707 g/mol. The standard InChI is InChI=1S/C34H43F4IO4S/c1-31(2,3)21-7-11-23(12-8-21)39(24-13-9-22(10-14-24)32(4,5)6)43-44(41,42)34(37,38)33(35,36)27-17-19-15-25(27)30-26-16-20(29(19)30)18-28(26)40/h7-14,19-20,25-30,40H,15-18H2,1-6H3. The first-order valence-corrected chi connectivity index (χ1v) is 20.0. The molecule has 4 aliphatic rings. The third-order valence-corrected chi connectivity index (χ3v) is 18.3. The summed E-state index contributed by atoms with van der Waals surface area (Å²) in [6.45, 7) is 12.1. The monoisotopic (exact) mass is 750 g/mol. The van der Waals surface area contributed by atoms with Crippen molar-refractivity contribution < 1.29 is 33.6 Å². The number of hydrogen-bond donors (Lipinski definition) is 1. The number of rotatable bonds is 7. The molecule has 0 aliphatic heterocycles. The van der Waals surface area contributed by atoms with E-state index < -0.39 is 59.5 Å². The minimum atomic E-state index is -6.05. The topological polar surface area (TPSA) is 63.6 Å². The Morgan fingerprint density at radius 2 is 1.16 bits per heavy atom. The average molecular weight is 751 g/mol. The molecule has 0 radical (unpaired) electrons. The third kappa shape index (κ3) is 5.16. The van der Waals surface area contributed by atoms with Gasteiger partial charge in [0, 0.05) is 0 Å². The van der Waals surface area contributed by atoms with Crippen molar-refractivity contribution in [1.29, 1.82) is 0 Å². The van der Waals surface area contributed by atoms with E-state index in [1.165, 1.54) is 0 Å². The van der Waals surface area contributed by atoms with Gasteiger partial charge < -0.3 is 0 Å². The van der Waals surface area contributed by atoms with Crippen molar-refractivity contribution in [3.05, 3.63) is 66.8 Å². The molecule has 4 bridgehead atoms. The molecular formula is C34H43F4IO4S. The molecule has 8 unspecified atom stereocenters. The summed E-state index contributed by atoms with van der Waals surface area (Å²) >= 11 is -3.65. The van der Waals surface area contributed by atoms with Gasteiger partial charge in [0.15, 0.2) is 0 Å². The zero-order valence-electron chi connectivity index (χ0n) is 26.0. The number of benzene rings is 2. The number of halogens is 5. The molecule has 44 heavy (non-hydrogen) atoms. The molecule has 4 nitrogen and oxygen atoms in total. The Labute approximate surface area is 266 Å². The van der Waals surface area contributed by atoms with Crippen LogP contribution in [0.5, 0.6) is 0 Å². The maximum absolute atomic E-state index is 16.0. The molecule has 244 valence electrons. The van der Waals surface area contributed by atoms with E-state index in [-0.39, 0.29) is 46.8 Å². The second-order valence-electron chi connectivity index (χ2n) is 15.5. The van der Waals surface area contributed by atoms with Crippen molar-refractivity contribution in [1.82, 2.24) is 0 Å². The van der Waals surface area contributed by atoms with Gasteiger partial charge in [-0.3, -0.25) is 0 Å². The summed E-state index contributed by atoms with van der Waals surface area (Å²) in [5, 5.41) is 5.06. The predicted octanol–water partition coefficient (Wildman–Crippen LogP) is 8.61. The van der Waals surface area contributed by atoms with Crippen LogP contribution in [0.1, 0.15) is 78.4 Å². The molecule has 4 saturated carbocycles. The molecule has 0 amide bonds. The van der Waals surface area contributed by atoms with E-state index in [2.05, 4.69) is 0 Å².